The first-order chi connectivity index (χ1) is 9.28. The normalized spacial score (nSPS) is 10.6. The minimum Gasteiger partial charge on any atom is -0.481 e. The van der Waals surface area contributed by atoms with Crippen LogP contribution in [0.5, 0.6) is 5.88 Å². The van der Waals surface area contributed by atoms with Gasteiger partial charge in [-0.05, 0) is 23.8 Å². The number of hydrogen-bond acceptors (Lipinski definition) is 3. The maximum atomic E-state index is 5.82. The summed E-state index contributed by atoms with van der Waals surface area (Å²) in [5.41, 5.74) is 7.72. The van der Waals surface area contributed by atoms with Crippen LogP contribution in [0.25, 0.3) is 0 Å². The van der Waals surface area contributed by atoms with E-state index in [4.69, 9.17) is 10.5 Å². The van der Waals surface area contributed by atoms with Gasteiger partial charge in [-0.2, -0.15) is 0 Å². The highest BCUT2D eigenvalue weighted by molar-refractivity contribution is 14.0. The molecule has 0 saturated heterocycles. The van der Waals surface area contributed by atoms with Crippen molar-refractivity contribution in [1.82, 2.24) is 4.98 Å². The average Bonchev–Trinajstić information content (AvgIpc) is 2.46. The highest BCUT2D eigenvalue weighted by atomic mass is 127. The molecule has 1 aromatic heterocycles. The van der Waals surface area contributed by atoms with Gasteiger partial charge in [0.15, 0.2) is 5.96 Å². The molecule has 0 bridgehead atoms. The first-order valence-electron chi connectivity index (χ1n) is 5.89. The second-order valence-corrected chi connectivity index (χ2v) is 3.90. The quantitative estimate of drug-likeness (QED) is 0.483. The maximum Gasteiger partial charge on any atom is 0.213 e. The number of benzene rings is 1. The number of anilines is 1. The van der Waals surface area contributed by atoms with E-state index in [0.29, 0.717) is 18.4 Å². The van der Waals surface area contributed by atoms with Gasteiger partial charge in [0.2, 0.25) is 5.88 Å². The number of aliphatic imine (C=N–C) groups is 1. The van der Waals surface area contributed by atoms with Gasteiger partial charge < -0.3 is 15.8 Å². The molecule has 106 valence electrons. The van der Waals surface area contributed by atoms with Crippen molar-refractivity contribution in [2.45, 2.75) is 6.54 Å². The fourth-order valence-corrected chi connectivity index (χ4v) is 1.55. The Hall–Kier alpha value is -1.83. The fraction of sp³-hybridized carbons (Fsp3) is 0.143. The summed E-state index contributed by atoms with van der Waals surface area (Å²) in [5.74, 6) is 0.948. The molecule has 0 saturated carbocycles. The molecular weight excluding hydrogens is 367 g/mol. The summed E-state index contributed by atoms with van der Waals surface area (Å²) >= 11 is 0. The highest BCUT2D eigenvalue weighted by Crippen LogP contribution is 2.09. The lowest BCUT2D eigenvalue weighted by Gasteiger charge is -2.05. The lowest BCUT2D eigenvalue weighted by molar-refractivity contribution is 0.397. The van der Waals surface area contributed by atoms with Crippen LogP contribution < -0.4 is 15.8 Å². The monoisotopic (exact) mass is 384 g/mol. The fourth-order valence-electron chi connectivity index (χ4n) is 1.55. The number of nitrogens with zero attached hydrogens (tertiary/aromatic N) is 2. The van der Waals surface area contributed by atoms with Crippen LogP contribution in [-0.2, 0) is 6.54 Å². The molecule has 0 radical (unpaired) electrons. The van der Waals surface area contributed by atoms with E-state index in [2.05, 4.69) is 15.3 Å². The van der Waals surface area contributed by atoms with E-state index in [9.17, 15) is 0 Å². The van der Waals surface area contributed by atoms with Crippen LogP contribution in [0.15, 0.2) is 53.7 Å². The maximum absolute atomic E-state index is 5.82. The van der Waals surface area contributed by atoms with Crippen LogP contribution in [0, 0.1) is 0 Å². The number of aromatic nitrogens is 1. The number of para-hydroxylation sites is 1. The molecule has 2 rings (SSSR count). The molecule has 1 heterocycles. The largest absolute Gasteiger partial charge is 0.481 e. The number of nitrogens with one attached hydrogen (secondary N) is 1. The molecule has 0 atom stereocenters. The lowest BCUT2D eigenvalue weighted by atomic mass is 10.3. The molecular formula is C14H17IN4O. The van der Waals surface area contributed by atoms with Gasteiger partial charge in [0.05, 0.1) is 13.7 Å². The summed E-state index contributed by atoms with van der Waals surface area (Å²) in [6.07, 6.45) is 1.69. The second-order valence-electron chi connectivity index (χ2n) is 3.90. The molecule has 3 N–H and O–H groups in total. The molecule has 0 aliphatic rings. The number of pyridine rings is 1. The van der Waals surface area contributed by atoms with Crippen LogP contribution in [0.4, 0.5) is 5.69 Å². The van der Waals surface area contributed by atoms with Gasteiger partial charge in [0, 0.05) is 18.0 Å². The van der Waals surface area contributed by atoms with Crippen molar-refractivity contribution < 1.29 is 4.74 Å². The van der Waals surface area contributed by atoms with Crippen LogP contribution in [0.1, 0.15) is 5.56 Å². The van der Waals surface area contributed by atoms with Gasteiger partial charge in [-0.3, -0.25) is 0 Å². The highest BCUT2D eigenvalue weighted by Gasteiger charge is 1.97. The van der Waals surface area contributed by atoms with Crippen molar-refractivity contribution in [1.29, 1.82) is 0 Å². The number of halogens is 1. The minimum absolute atomic E-state index is 0. The van der Waals surface area contributed by atoms with Gasteiger partial charge in [-0.25, -0.2) is 9.98 Å². The summed E-state index contributed by atoms with van der Waals surface area (Å²) < 4.78 is 5.05. The Bertz CT molecular complexity index is 560. The summed E-state index contributed by atoms with van der Waals surface area (Å²) in [7, 11) is 1.58. The van der Waals surface area contributed by atoms with E-state index in [1.54, 1.807) is 13.3 Å². The van der Waals surface area contributed by atoms with E-state index in [-0.39, 0.29) is 24.0 Å². The van der Waals surface area contributed by atoms with E-state index in [1.807, 2.05) is 42.5 Å². The topological polar surface area (TPSA) is 72.5 Å². The molecule has 2 aromatic rings. The third kappa shape index (κ3) is 5.04. The van der Waals surface area contributed by atoms with Gasteiger partial charge >= 0.3 is 0 Å². The van der Waals surface area contributed by atoms with Crippen LogP contribution in [0.2, 0.25) is 0 Å². The molecule has 0 spiro atoms. The third-order valence-corrected chi connectivity index (χ3v) is 2.49. The van der Waals surface area contributed by atoms with Crippen molar-refractivity contribution in [3.8, 4) is 5.88 Å². The first kappa shape index (κ1) is 16.2. The van der Waals surface area contributed by atoms with E-state index in [1.165, 1.54) is 0 Å². The summed E-state index contributed by atoms with van der Waals surface area (Å²) in [5, 5.41) is 3.02. The Morgan fingerprint density at radius 1 is 1.30 bits per heavy atom. The van der Waals surface area contributed by atoms with Crippen molar-refractivity contribution in [3.05, 3.63) is 54.2 Å². The number of methoxy groups -OCH3 is 1. The van der Waals surface area contributed by atoms with Gasteiger partial charge in [0.25, 0.3) is 0 Å². The van der Waals surface area contributed by atoms with Crippen LogP contribution >= 0.6 is 24.0 Å². The zero-order chi connectivity index (χ0) is 13.5. The predicted octanol–water partition coefficient (Wildman–Crippen LogP) is 2.64. The Morgan fingerprint density at radius 2 is 2.05 bits per heavy atom. The summed E-state index contributed by atoms with van der Waals surface area (Å²) in [6.45, 7) is 0.477. The van der Waals surface area contributed by atoms with Crippen LogP contribution in [0.3, 0.4) is 0 Å². The molecule has 0 amide bonds. The van der Waals surface area contributed by atoms with E-state index >= 15 is 0 Å². The average molecular weight is 384 g/mol. The third-order valence-electron chi connectivity index (χ3n) is 2.49. The standard InChI is InChI=1S/C14H16N4O.HI/c1-19-13-9-11(7-8-16-13)10-17-14(15)18-12-5-3-2-4-6-12;/h2-9H,10H2,1H3,(H3,15,17,18);1H. The first-order valence-corrected chi connectivity index (χ1v) is 5.89. The number of ether oxygens (including phenoxy) is 1. The van der Waals surface area contributed by atoms with Gasteiger partial charge in [0.1, 0.15) is 0 Å². The number of hydrogen-bond donors (Lipinski definition) is 2. The summed E-state index contributed by atoms with van der Waals surface area (Å²) in [4.78, 5) is 8.30. The molecule has 0 unspecified atom stereocenters. The summed E-state index contributed by atoms with van der Waals surface area (Å²) in [6, 6.07) is 13.4. The smallest absolute Gasteiger partial charge is 0.213 e. The zero-order valence-corrected chi connectivity index (χ0v) is 13.4. The molecule has 0 aliphatic carbocycles. The molecule has 20 heavy (non-hydrogen) atoms. The van der Waals surface area contributed by atoms with E-state index < -0.39 is 0 Å². The van der Waals surface area contributed by atoms with Crippen molar-refractivity contribution in [3.63, 3.8) is 0 Å². The Labute approximate surface area is 135 Å². The molecule has 0 aliphatic heterocycles. The SMILES string of the molecule is COc1cc(CN=C(N)Nc2ccccc2)ccn1.I. The Kier molecular flexibility index (Phi) is 6.78. The van der Waals surface area contributed by atoms with Crippen LogP contribution in [-0.4, -0.2) is 18.1 Å². The minimum atomic E-state index is 0. The Balaban J connectivity index is 0.00000200. The number of nitrogens with two attached hydrogens (primary N) is 1. The molecule has 5 nitrogen and oxygen atoms in total. The number of rotatable bonds is 4. The number of guanidine groups is 1. The van der Waals surface area contributed by atoms with Crippen molar-refractivity contribution in [2.75, 3.05) is 12.4 Å². The van der Waals surface area contributed by atoms with Crippen molar-refractivity contribution in [2.24, 2.45) is 10.7 Å². The Morgan fingerprint density at radius 3 is 2.75 bits per heavy atom. The molecule has 1 aromatic carbocycles. The second kappa shape index (κ2) is 8.36. The molecule has 6 heteroatoms. The predicted molar refractivity (Wildman–Crippen MR) is 91.6 cm³/mol. The van der Waals surface area contributed by atoms with Gasteiger partial charge in [-0.15, -0.1) is 24.0 Å². The van der Waals surface area contributed by atoms with Crippen molar-refractivity contribution >= 4 is 35.6 Å². The molecule has 0 fully saturated rings. The zero-order valence-electron chi connectivity index (χ0n) is 11.1. The van der Waals surface area contributed by atoms with Gasteiger partial charge in [-0.1, -0.05) is 18.2 Å². The van der Waals surface area contributed by atoms with E-state index in [0.717, 1.165) is 11.3 Å². The lowest BCUT2D eigenvalue weighted by Crippen LogP contribution is -2.22.